The summed E-state index contributed by atoms with van der Waals surface area (Å²) in [6.45, 7) is 2.02. The van der Waals surface area contributed by atoms with Crippen LogP contribution in [0.3, 0.4) is 0 Å². The monoisotopic (exact) mass is 407 g/mol. The Morgan fingerprint density at radius 2 is 1.95 bits per heavy atom. The van der Waals surface area contributed by atoms with Crippen molar-refractivity contribution >= 4 is 37.5 Å². The fourth-order valence-electron chi connectivity index (χ4n) is 2.09. The SMILES string of the molecule is Cc1cc(Br)cc(-n2nnnc2-c2cccc(N)c2Br)c1. The highest BCUT2D eigenvalue weighted by Crippen LogP contribution is 2.32. The Morgan fingerprint density at radius 1 is 1.14 bits per heavy atom. The zero-order chi connectivity index (χ0) is 15.0. The standard InChI is InChI=1S/C14H11Br2N5/c1-8-5-9(15)7-10(6-8)21-14(18-19-20-21)11-3-2-4-12(17)13(11)16/h2-7H,17H2,1H3. The Hall–Kier alpha value is -1.73. The van der Waals surface area contributed by atoms with Crippen molar-refractivity contribution in [3.63, 3.8) is 0 Å². The normalized spacial score (nSPS) is 10.8. The number of aromatic nitrogens is 4. The molecule has 0 atom stereocenters. The molecule has 2 N–H and O–H groups in total. The number of hydrogen-bond acceptors (Lipinski definition) is 4. The van der Waals surface area contributed by atoms with Gasteiger partial charge in [-0.15, -0.1) is 5.10 Å². The van der Waals surface area contributed by atoms with Gasteiger partial charge in [-0.25, -0.2) is 0 Å². The lowest BCUT2D eigenvalue weighted by Crippen LogP contribution is -2.01. The molecule has 3 rings (SSSR count). The summed E-state index contributed by atoms with van der Waals surface area (Å²) in [4.78, 5) is 0. The molecule has 0 fully saturated rings. The van der Waals surface area contributed by atoms with E-state index in [0.717, 1.165) is 25.8 Å². The lowest BCUT2D eigenvalue weighted by atomic mass is 10.2. The van der Waals surface area contributed by atoms with Gasteiger partial charge in [-0.2, -0.15) is 4.68 Å². The highest BCUT2D eigenvalue weighted by atomic mass is 79.9. The van der Waals surface area contributed by atoms with Crippen LogP contribution in [-0.2, 0) is 0 Å². The van der Waals surface area contributed by atoms with Gasteiger partial charge in [-0.1, -0.05) is 22.0 Å². The molecular formula is C14H11Br2N5. The van der Waals surface area contributed by atoms with Crippen molar-refractivity contribution in [3.8, 4) is 17.1 Å². The van der Waals surface area contributed by atoms with Crippen LogP contribution in [0, 0.1) is 6.92 Å². The molecule has 1 aromatic heterocycles. The van der Waals surface area contributed by atoms with E-state index < -0.39 is 0 Å². The summed E-state index contributed by atoms with van der Waals surface area (Å²) >= 11 is 6.99. The van der Waals surface area contributed by atoms with Crippen LogP contribution in [0.1, 0.15) is 5.56 Å². The van der Waals surface area contributed by atoms with Crippen molar-refractivity contribution in [2.75, 3.05) is 5.73 Å². The third-order valence-corrected chi connectivity index (χ3v) is 4.35. The average molecular weight is 409 g/mol. The maximum atomic E-state index is 5.93. The summed E-state index contributed by atoms with van der Waals surface area (Å²) in [5.41, 5.74) is 9.43. The van der Waals surface area contributed by atoms with E-state index in [9.17, 15) is 0 Å². The number of hydrogen-bond donors (Lipinski definition) is 1. The number of nitrogen functional groups attached to an aromatic ring is 1. The largest absolute Gasteiger partial charge is 0.398 e. The van der Waals surface area contributed by atoms with E-state index in [2.05, 4.69) is 47.4 Å². The minimum atomic E-state index is 0.631. The molecule has 21 heavy (non-hydrogen) atoms. The number of anilines is 1. The van der Waals surface area contributed by atoms with Gasteiger partial charge in [0.25, 0.3) is 0 Å². The molecule has 0 saturated carbocycles. The molecule has 106 valence electrons. The summed E-state index contributed by atoms with van der Waals surface area (Å²) in [6.07, 6.45) is 0. The summed E-state index contributed by atoms with van der Waals surface area (Å²) in [7, 11) is 0. The van der Waals surface area contributed by atoms with Crippen molar-refractivity contribution in [3.05, 3.63) is 50.9 Å². The molecule has 0 unspecified atom stereocenters. The van der Waals surface area contributed by atoms with Gasteiger partial charge in [0, 0.05) is 15.7 Å². The van der Waals surface area contributed by atoms with Crippen LogP contribution >= 0.6 is 31.9 Å². The van der Waals surface area contributed by atoms with E-state index in [-0.39, 0.29) is 0 Å². The predicted octanol–water partition coefficient (Wildman–Crippen LogP) is 3.74. The third-order valence-electron chi connectivity index (χ3n) is 3.01. The van der Waals surface area contributed by atoms with Crippen LogP contribution in [0.25, 0.3) is 17.1 Å². The lowest BCUT2D eigenvalue weighted by Gasteiger charge is -2.09. The quantitative estimate of drug-likeness (QED) is 0.655. The molecular weight excluding hydrogens is 398 g/mol. The van der Waals surface area contributed by atoms with E-state index in [0.29, 0.717) is 11.5 Å². The zero-order valence-electron chi connectivity index (χ0n) is 11.1. The summed E-state index contributed by atoms with van der Waals surface area (Å²) < 4.78 is 3.45. The first-order chi connectivity index (χ1) is 10.1. The Kier molecular flexibility index (Phi) is 3.77. The van der Waals surface area contributed by atoms with E-state index >= 15 is 0 Å². The van der Waals surface area contributed by atoms with Crippen molar-refractivity contribution in [1.29, 1.82) is 0 Å². The number of nitrogens with two attached hydrogens (primary N) is 1. The van der Waals surface area contributed by atoms with Gasteiger partial charge in [-0.3, -0.25) is 0 Å². The molecule has 0 bridgehead atoms. The molecule has 0 aliphatic heterocycles. The molecule has 0 aliphatic carbocycles. The van der Waals surface area contributed by atoms with Crippen LogP contribution < -0.4 is 5.73 Å². The van der Waals surface area contributed by atoms with E-state index in [1.165, 1.54) is 0 Å². The topological polar surface area (TPSA) is 69.6 Å². The van der Waals surface area contributed by atoms with E-state index in [1.807, 2.05) is 43.3 Å². The van der Waals surface area contributed by atoms with Crippen molar-refractivity contribution < 1.29 is 0 Å². The summed E-state index contributed by atoms with van der Waals surface area (Å²) in [5, 5.41) is 12.0. The molecule has 0 saturated heterocycles. The summed E-state index contributed by atoms with van der Waals surface area (Å²) in [6, 6.07) is 11.6. The maximum Gasteiger partial charge on any atom is 0.188 e. The van der Waals surface area contributed by atoms with Gasteiger partial charge in [0.2, 0.25) is 0 Å². The van der Waals surface area contributed by atoms with Crippen molar-refractivity contribution in [1.82, 2.24) is 20.2 Å². The number of benzene rings is 2. The molecule has 0 spiro atoms. The van der Waals surface area contributed by atoms with Gasteiger partial charge in [0.15, 0.2) is 5.82 Å². The fourth-order valence-corrected chi connectivity index (χ4v) is 3.13. The number of nitrogens with zero attached hydrogens (tertiary/aromatic N) is 4. The Morgan fingerprint density at radius 3 is 2.71 bits per heavy atom. The predicted molar refractivity (Wildman–Crippen MR) is 89.1 cm³/mol. The van der Waals surface area contributed by atoms with Crippen molar-refractivity contribution in [2.24, 2.45) is 0 Å². The van der Waals surface area contributed by atoms with E-state index in [4.69, 9.17) is 5.73 Å². The van der Waals surface area contributed by atoms with Crippen LogP contribution in [0.2, 0.25) is 0 Å². The second-order valence-electron chi connectivity index (χ2n) is 4.61. The number of rotatable bonds is 2. The zero-order valence-corrected chi connectivity index (χ0v) is 14.3. The molecule has 0 amide bonds. The Labute approximate surface area is 138 Å². The third kappa shape index (κ3) is 2.71. The van der Waals surface area contributed by atoms with Gasteiger partial charge >= 0.3 is 0 Å². The van der Waals surface area contributed by atoms with Crippen LogP contribution in [-0.4, -0.2) is 20.2 Å². The van der Waals surface area contributed by atoms with Gasteiger partial charge in [-0.05, 0) is 69.2 Å². The maximum absolute atomic E-state index is 5.93. The summed E-state index contributed by atoms with van der Waals surface area (Å²) in [5.74, 6) is 0.631. The minimum Gasteiger partial charge on any atom is -0.398 e. The molecule has 2 aromatic carbocycles. The minimum absolute atomic E-state index is 0.631. The fraction of sp³-hybridized carbons (Fsp3) is 0.0714. The van der Waals surface area contributed by atoms with Crippen molar-refractivity contribution in [2.45, 2.75) is 6.92 Å². The Bertz CT molecular complexity index is 793. The number of aryl methyl sites for hydroxylation is 1. The molecule has 5 nitrogen and oxygen atoms in total. The van der Waals surface area contributed by atoms with Gasteiger partial charge in [0.1, 0.15) is 0 Å². The van der Waals surface area contributed by atoms with Gasteiger partial charge in [0.05, 0.1) is 10.2 Å². The molecule has 1 heterocycles. The van der Waals surface area contributed by atoms with Crippen LogP contribution in [0.15, 0.2) is 45.3 Å². The van der Waals surface area contributed by atoms with Crippen LogP contribution in [0.4, 0.5) is 5.69 Å². The number of tetrazole rings is 1. The first kappa shape index (κ1) is 14.2. The molecule has 3 aromatic rings. The van der Waals surface area contributed by atoms with Gasteiger partial charge < -0.3 is 5.73 Å². The smallest absolute Gasteiger partial charge is 0.188 e. The average Bonchev–Trinajstić information content (AvgIpc) is 2.90. The van der Waals surface area contributed by atoms with Crippen LogP contribution in [0.5, 0.6) is 0 Å². The molecule has 7 heteroatoms. The number of halogens is 2. The first-order valence-corrected chi connectivity index (χ1v) is 7.75. The molecule has 0 aliphatic rings. The molecule has 0 radical (unpaired) electrons. The first-order valence-electron chi connectivity index (χ1n) is 6.16. The second-order valence-corrected chi connectivity index (χ2v) is 6.32. The highest BCUT2D eigenvalue weighted by Gasteiger charge is 2.15. The van der Waals surface area contributed by atoms with E-state index in [1.54, 1.807) is 4.68 Å². The lowest BCUT2D eigenvalue weighted by molar-refractivity contribution is 0.790. The highest BCUT2D eigenvalue weighted by molar-refractivity contribution is 9.11. The second kappa shape index (κ2) is 5.57. The Balaban J connectivity index is 2.19.